The number of halogens is 2. The van der Waals surface area contributed by atoms with Crippen molar-refractivity contribution in [2.75, 3.05) is 32.8 Å². The van der Waals surface area contributed by atoms with Crippen molar-refractivity contribution in [1.82, 2.24) is 9.80 Å². The molecule has 1 N–H and O–H groups in total. The molecular formula is C22H28F2N2O. The Bertz CT molecular complexity index is 711. The second kappa shape index (κ2) is 9.93. The molecule has 0 radical (unpaired) electrons. The molecule has 3 nitrogen and oxygen atoms in total. The van der Waals surface area contributed by atoms with E-state index in [2.05, 4.69) is 34.1 Å². The first-order valence-electron chi connectivity index (χ1n) is 9.71. The molecule has 3 rings (SSSR count). The third kappa shape index (κ3) is 5.83. The van der Waals surface area contributed by atoms with Crippen LogP contribution in [0.2, 0.25) is 0 Å². The van der Waals surface area contributed by atoms with Gasteiger partial charge in [0.2, 0.25) is 0 Å². The summed E-state index contributed by atoms with van der Waals surface area (Å²) < 4.78 is 27.0. The lowest BCUT2D eigenvalue weighted by Gasteiger charge is -2.41. The number of nitrogens with zero attached hydrogens (tertiary/aromatic N) is 2. The van der Waals surface area contributed by atoms with Gasteiger partial charge in [-0.05, 0) is 37.4 Å². The standard InChI is InChI=1S/C22H28F2N2O/c23-20-9-8-19(22(24)15-20)16-25-12-13-26(21(17-25)10-14-27)11-4-7-18-5-2-1-3-6-18/h1-3,5-6,8-9,15,21,27H,4,7,10-14,16-17H2. The van der Waals surface area contributed by atoms with Crippen LogP contribution in [0.25, 0.3) is 0 Å². The van der Waals surface area contributed by atoms with E-state index in [1.807, 2.05) is 6.07 Å². The van der Waals surface area contributed by atoms with E-state index < -0.39 is 11.6 Å². The highest BCUT2D eigenvalue weighted by Gasteiger charge is 2.26. The van der Waals surface area contributed by atoms with Gasteiger partial charge in [0, 0.05) is 50.5 Å². The molecule has 0 aliphatic carbocycles. The average molecular weight is 374 g/mol. The smallest absolute Gasteiger partial charge is 0.130 e. The van der Waals surface area contributed by atoms with Crippen LogP contribution in [0.5, 0.6) is 0 Å². The van der Waals surface area contributed by atoms with Gasteiger partial charge in [-0.25, -0.2) is 8.78 Å². The minimum absolute atomic E-state index is 0.151. The van der Waals surface area contributed by atoms with Gasteiger partial charge in [-0.15, -0.1) is 0 Å². The van der Waals surface area contributed by atoms with Crippen LogP contribution in [0.3, 0.4) is 0 Å². The first kappa shape index (κ1) is 19.9. The number of aliphatic hydroxyl groups excluding tert-OH is 1. The molecule has 1 unspecified atom stereocenters. The number of hydrogen-bond acceptors (Lipinski definition) is 3. The molecule has 5 heteroatoms. The first-order chi connectivity index (χ1) is 13.2. The maximum absolute atomic E-state index is 13.9. The Balaban J connectivity index is 1.53. The second-order valence-corrected chi connectivity index (χ2v) is 7.26. The van der Waals surface area contributed by atoms with E-state index in [0.29, 0.717) is 18.5 Å². The molecule has 27 heavy (non-hydrogen) atoms. The van der Waals surface area contributed by atoms with Crippen LogP contribution in [0, 0.1) is 11.6 Å². The Hall–Kier alpha value is -1.82. The van der Waals surface area contributed by atoms with Crippen LogP contribution in [0.15, 0.2) is 48.5 Å². The molecule has 1 aliphatic rings. The quantitative estimate of drug-likeness (QED) is 0.767. The van der Waals surface area contributed by atoms with E-state index >= 15 is 0 Å². The summed E-state index contributed by atoms with van der Waals surface area (Å²) in [7, 11) is 0. The fraction of sp³-hybridized carbons (Fsp3) is 0.455. The lowest BCUT2D eigenvalue weighted by Crippen LogP contribution is -2.53. The molecule has 0 amide bonds. The minimum Gasteiger partial charge on any atom is -0.396 e. The molecule has 0 bridgehead atoms. The topological polar surface area (TPSA) is 26.7 Å². The number of rotatable bonds is 8. The summed E-state index contributed by atoms with van der Waals surface area (Å²) >= 11 is 0. The molecule has 1 fully saturated rings. The zero-order chi connectivity index (χ0) is 19.1. The molecule has 2 aromatic carbocycles. The first-order valence-corrected chi connectivity index (χ1v) is 9.71. The second-order valence-electron chi connectivity index (χ2n) is 7.26. The summed E-state index contributed by atoms with van der Waals surface area (Å²) in [5.41, 5.74) is 1.87. The van der Waals surface area contributed by atoms with Crippen LogP contribution in [-0.2, 0) is 13.0 Å². The van der Waals surface area contributed by atoms with Crippen LogP contribution >= 0.6 is 0 Å². The van der Waals surface area contributed by atoms with Gasteiger partial charge in [0.25, 0.3) is 0 Å². The Morgan fingerprint density at radius 3 is 2.59 bits per heavy atom. The summed E-state index contributed by atoms with van der Waals surface area (Å²) in [6, 6.07) is 14.5. The van der Waals surface area contributed by atoms with Crippen molar-refractivity contribution in [2.45, 2.75) is 31.8 Å². The third-order valence-electron chi connectivity index (χ3n) is 5.31. The highest BCUT2D eigenvalue weighted by atomic mass is 19.1. The normalized spacial score (nSPS) is 18.7. The van der Waals surface area contributed by atoms with Crippen molar-refractivity contribution >= 4 is 0 Å². The van der Waals surface area contributed by atoms with Crippen LogP contribution in [0.4, 0.5) is 8.78 Å². The average Bonchev–Trinajstić information content (AvgIpc) is 2.67. The van der Waals surface area contributed by atoms with Gasteiger partial charge in [0.1, 0.15) is 11.6 Å². The Morgan fingerprint density at radius 1 is 1.04 bits per heavy atom. The van der Waals surface area contributed by atoms with Crippen LogP contribution < -0.4 is 0 Å². The predicted molar refractivity (Wildman–Crippen MR) is 103 cm³/mol. The fourth-order valence-corrected chi connectivity index (χ4v) is 3.84. The van der Waals surface area contributed by atoms with Crippen molar-refractivity contribution in [1.29, 1.82) is 0 Å². The monoisotopic (exact) mass is 374 g/mol. The molecule has 1 atom stereocenters. The Morgan fingerprint density at radius 2 is 1.85 bits per heavy atom. The molecule has 0 aromatic heterocycles. The molecule has 0 spiro atoms. The summed E-state index contributed by atoms with van der Waals surface area (Å²) in [5.74, 6) is -1.03. The molecule has 1 heterocycles. The van der Waals surface area contributed by atoms with Gasteiger partial charge < -0.3 is 5.11 Å². The highest BCUT2D eigenvalue weighted by Crippen LogP contribution is 2.18. The van der Waals surface area contributed by atoms with E-state index in [-0.39, 0.29) is 12.6 Å². The maximum Gasteiger partial charge on any atom is 0.130 e. The molecular weight excluding hydrogens is 346 g/mol. The number of aliphatic hydroxyl groups is 1. The van der Waals surface area contributed by atoms with Gasteiger partial charge in [-0.1, -0.05) is 36.4 Å². The van der Waals surface area contributed by atoms with Crippen molar-refractivity contribution in [3.63, 3.8) is 0 Å². The maximum atomic E-state index is 13.9. The van der Waals surface area contributed by atoms with Gasteiger partial charge in [-0.2, -0.15) is 0 Å². The molecule has 1 aliphatic heterocycles. The predicted octanol–water partition coefficient (Wildman–Crippen LogP) is 3.47. The number of benzene rings is 2. The molecule has 2 aromatic rings. The zero-order valence-corrected chi connectivity index (χ0v) is 15.7. The lowest BCUT2D eigenvalue weighted by atomic mass is 10.1. The summed E-state index contributed by atoms with van der Waals surface area (Å²) in [4.78, 5) is 4.64. The zero-order valence-electron chi connectivity index (χ0n) is 15.7. The van der Waals surface area contributed by atoms with Crippen LogP contribution in [0.1, 0.15) is 24.0 Å². The largest absolute Gasteiger partial charge is 0.396 e. The van der Waals surface area contributed by atoms with E-state index in [4.69, 9.17) is 0 Å². The van der Waals surface area contributed by atoms with E-state index in [0.717, 1.165) is 45.1 Å². The van der Waals surface area contributed by atoms with Crippen molar-refractivity contribution in [3.8, 4) is 0 Å². The molecule has 1 saturated heterocycles. The van der Waals surface area contributed by atoms with Crippen molar-refractivity contribution < 1.29 is 13.9 Å². The van der Waals surface area contributed by atoms with Crippen molar-refractivity contribution in [2.24, 2.45) is 0 Å². The number of hydrogen-bond donors (Lipinski definition) is 1. The van der Waals surface area contributed by atoms with Crippen molar-refractivity contribution in [3.05, 3.63) is 71.3 Å². The summed E-state index contributed by atoms with van der Waals surface area (Å²) in [6.45, 7) is 4.18. The Labute approximate surface area is 160 Å². The SMILES string of the molecule is OCCC1CN(Cc2ccc(F)cc2F)CCN1CCCc1ccccc1. The fourth-order valence-electron chi connectivity index (χ4n) is 3.84. The Kier molecular flexibility index (Phi) is 7.33. The minimum atomic E-state index is -0.544. The van der Waals surface area contributed by atoms with Gasteiger partial charge in [0.15, 0.2) is 0 Å². The summed E-state index contributed by atoms with van der Waals surface area (Å²) in [6.07, 6.45) is 2.85. The highest BCUT2D eigenvalue weighted by molar-refractivity contribution is 5.18. The third-order valence-corrected chi connectivity index (χ3v) is 5.31. The van der Waals surface area contributed by atoms with Gasteiger partial charge in [0.05, 0.1) is 0 Å². The van der Waals surface area contributed by atoms with Gasteiger partial charge >= 0.3 is 0 Å². The van der Waals surface area contributed by atoms with E-state index in [1.165, 1.54) is 17.7 Å². The lowest BCUT2D eigenvalue weighted by molar-refractivity contribution is 0.0541. The van der Waals surface area contributed by atoms with Gasteiger partial charge in [-0.3, -0.25) is 9.80 Å². The molecule has 0 saturated carbocycles. The van der Waals surface area contributed by atoms with Crippen LogP contribution in [-0.4, -0.2) is 53.7 Å². The van der Waals surface area contributed by atoms with E-state index in [1.54, 1.807) is 0 Å². The molecule has 146 valence electrons. The number of piperazine rings is 1. The number of aryl methyl sites for hydroxylation is 1. The summed E-state index contributed by atoms with van der Waals surface area (Å²) in [5, 5.41) is 9.44. The van der Waals surface area contributed by atoms with E-state index in [9.17, 15) is 13.9 Å².